The van der Waals surface area contributed by atoms with E-state index in [1.165, 1.54) is 12.1 Å². The van der Waals surface area contributed by atoms with E-state index in [4.69, 9.17) is 9.72 Å². The van der Waals surface area contributed by atoms with Crippen molar-refractivity contribution >= 4 is 32.2 Å². The molecule has 7 rings (SSSR count). The van der Waals surface area contributed by atoms with E-state index in [2.05, 4.69) is 40.2 Å². The summed E-state index contributed by atoms with van der Waals surface area (Å²) in [5.74, 6) is 0.645. The number of hydrogen-bond donors (Lipinski definition) is 4. The van der Waals surface area contributed by atoms with Gasteiger partial charge in [0.05, 0.1) is 29.2 Å². The Bertz CT molecular complexity index is 2110. The molecule has 1 aromatic carbocycles. The standard InChI is InChI=1S/C30H28FN9O3S/c1-44(41,42)35-14-17-10-18(12-20(31)11-17)23-6-9-34-29-26(23)37-30(38-29)28-27-25(39-40-28)3-2-24(36-27)19-13-22(16-33-15-19)43-21-4-7-32-8-5-21/h2-3,6,9-13,15-16,21,32,35H,4-5,7-8,14H2,1H3,(H,39,40)(H,34,37,38). The summed E-state index contributed by atoms with van der Waals surface area (Å²) in [6.07, 6.45) is 8.16. The van der Waals surface area contributed by atoms with E-state index in [1.54, 1.807) is 30.7 Å². The predicted molar refractivity (Wildman–Crippen MR) is 164 cm³/mol. The number of benzene rings is 1. The summed E-state index contributed by atoms with van der Waals surface area (Å²) >= 11 is 0. The summed E-state index contributed by atoms with van der Waals surface area (Å²) < 4.78 is 46.3. The topological polar surface area (TPSA) is 163 Å². The Hall–Kier alpha value is -4.79. The van der Waals surface area contributed by atoms with Crippen LogP contribution in [0.15, 0.2) is 61.1 Å². The van der Waals surface area contributed by atoms with Crippen molar-refractivity contribution in [3.05, 3.63) is 72.4 Å². The van der Waals surface area contributed by atoms with Gasteiger partial charge < -0.3 is 15.0 Å². The fraction of sp³-hybridized carbons (Fsp3) is 0.233. The molecule has 1 fully saturated rings. The zero-order chi connectivity index (χ0) is 30.3. The maximum absolute atomic E-state index is 14.6. The van der Waals surface area contributed by atoms with Gasteiger partial charge in [-0.15, -0.1) is 0 Å². The SMILES string of the molecule is CS(=O)(=O)NCc1cc(F)cc(-c2ccnc3nc(-c4n[nH]c5ccc(-c6cncc(OC7CCNCC7)c6)nc45)[nH]c23)c1. The third-order valence-corrected chi connectivity index (χ3v) is 8.10. The van der Waals surface area contributed by atoms with Crippen molar-refractivity contribution in [1.29, 1.82) is 0 Å². The second-order valence-corrected chi connectivity index (χ2v) is 12.6. The van der Waals surface area contributed by atoms with Crippen LogP contribution in [-0.4, -0.2) is 69.0 Å². The number of ether oxygens (including phenoxy) is 1. The van der Waals surface area contributed by atoms with Crippen molar-refractivity contribution in [2.24, 2.45) is 0 Å². The molecule has 4 N–H and O–H groups in total. The van der Waals surface area contributed by atoms with Gasteiger partial charge in [0, 0.05) is 30.1 Å². The number of aromatic amines is 2. The van der Waals surface area contributed by atoms with Gasteiger partial charge in [0.25, 0.3) is 0 Å². The summed E-state index contributed by atoms with van der Waals surface area (Å²) in [4.78, 5) is 21.7. The Morgan fingerprint density at radius 2 is 1.91 bits per heavy atom. The fourth-order valence-corrected chi connectivity index (χ4v) is 5.77. The third-order valence-electron chi connectivity index (χ3n) is 7.43. The predicted octanol–water partition coefficient (Wildman–Crippen LogP) is 3.94. The van der Waals surface area contributed by atoms with E-state index in [9.17, 15) is 12.8 Å². The number of imidazole rings is 1. The average molecular weight is 614 g/mol. The molecule has 1 aliphatic rings. The van der Waals surface area contributed by atoms with Crippen LogP contribution in [-0.2, 0) is 16.6 Å². The Kier molecular flexibility index (Phi) is 7.24. The largest absolute Gasteiger partial charge is 0.489 e. The van der Waals surface area contributed by atoms with E-state index >= 15 is 0 Å². The van der Waals surface area contributed by atoms with Crippen LogP contribution < -0.4 is 14.8 Å². The highest BCUT2D eigenvalue weighted by Crippen LogP contribution is 2.32. The van der Waals surface area contributed by atoms with Gasteiger partial charge in [0.2, 0.25) is 10.0 Å². The molecule has 0 unspecified atom stereocenters. The maximum atomic E-state index is 14.6. The van der Waals surface area contributed by atoms with Gasteiger partial charge in [-0.05, 0) is 79.5 Å². The van der Waals surface area contributed by atoms with Gasteiger partial charge in [0.1, 0.15) is 23.2 Å². The monoisotopic (exact) mass is 613 g/mol. The van der Waals surface area contributed by atoms with Gasteiger partial charge in [0.15, 0.2) is 17.2 Å². The van der Waals surface area contributed by atoms with E-state index in [1.807, 2.05) is 18.2 Å². The van der Waals surface area contributed by atoms with Crippen LogP contribution in [0.5, 0.6) is 5.75 Å². The smallest absolute Gasteiger partial charge is 0.209 e. The summed E-state index contributed by atoms with van der Waals surface area (Å²) in [5.41, 5.74) is 6.01. The van der Waals surface area contributed by atoms with Crippen molar-refractivity contribution < 1.29 is 17.5 Å². The first-order chi connectivity index (χ1) is 21.3. The Morgan fingerprint density at radius 3 is 2.75 bits per heavy atom. The third kappa shape index (κ3) is 5.86. The van der Waals surface area contributed by atoms with Gasteiger partial charge >= 0.3 is 0 Å². The number of fused-ring (bicyclic) bond motifs is 2. The highest BCUT2D eigenvalue weighted by molar-refractivity contribution is 7.88. The summed E-state index contributed by atoms with van der Waals surface area (Å²) in [6, 6.07) is 11.9. The minimum absolute atomic E-state index is 0.0398. The molecular formula is C30H28FN9O3S. The minimum Gasteiger partial charge on any atom is -0.489 e. The molecular weight excluding hydrogens is 585 g/mol. The Labute approximate surface area is 251 Å². The van der Waals surface area contributed by atoms with E-state index in [0.29, 0.717) is 56.3 Å². The van der Waals surface area contributed by atoms with Gasteiger partial charge in [-0.1, -0.05) is 0 Å². The lowest BCUT2D eigenvalue weighted by Crippen LogP contribution is -2.34. The lowest BCUT2D eigenvalue weighted by molar-refractivity contribution is 0.162. The van der Waals surface area contributed by atoms with Crippen LogP contribution in [0, 0.1) is 5.82 Å². The first-order valence-corrected chi connectivity index (χ1v) is 16.0. The van der Waals surface area contributed by atoms with Crippen molar-refractivity contribution in [3.8, 4) is 39.7 Å². The highest BCUT2D eigenvalue weighted by atomic mass is 32.2. The van der Waals surface area contributed by atoms with E-state index < -0.39 is 15.8 Å². The van der Waals surface area contributed by atoms with Crippen LogP contribution >= 0.6 is 0 Å². The summed E-state index contributed by atoms with van der Waals surface area (Å²) in [6.45, 7) is 1.83. The number of sulfonamides is 1. The highest BCUT2D eigenvalue weighted by Gasteiger charge is 2.19. The molecule has 0 saturated carbocycles. The molecule has 0 aliphatic carbocycles. The van der Waals surface area contributed by atoms with E-state index in [-0.39, 0.29) is 12.6 Å². The molecule has 12 nitrogen and oxygen atoms in total. The molecule has 44 heavy (non-hydrogen) atoms. The molecule has 0 bridgehead atoms. The van der Waals surface area contributed by atoms with Crippen LogP contribution in [0.1, 0.15) is 18.4 Å². The normalized spacial score (nSPS) is 14.4. The molecule has 6 heterocycles. The van der Waals surface area contributed by atoms with Crippen molar-refractivity contribution in [1.82, 2.24) is 45.2 Å². The number of aromatic nitrogens is 7. The number of halogens is 1. The number of nitrogens with one attached hydrogen (secondary N) is 4. The molecule has 0 atom stereocenters. The lowest BCUT2D eigenvalue weighted by atomic mass is 10.0. The second kappa shape index (κ2) is 11.4. The fourth-order valence-electron chi connectivity index (χ4n) is 5.34. The van der Waals surface area contributed by atoms with Crippen molar-refractivity contribution in [2.75, 3.05) is 19.3 Å². The molecule has 0 spiro atoms. The minimum atomic E-state index is -3.44. The maximum Gasteiger partial charge on any atom is 0.209 e. The van der Waals surface area contributed by atoms with E-state index in [0.717, 1.165) is 43.3 Å². The van der Waals surface area contributed by atoms with Crippen LogP contribution in [0.3, 0.4) is 0 Å². The van der Waals surface area contributed by atoms with Gasteiger partial charge in [-0.25, -0.2) is 32.5 Å². The number of piperidine rings is 1. The van der Waals surface area contributed by atoms with Gasteiger partial charge in [-0.2, -0.15) is 5.10 Å². The molecule has 1 saturated heterocycles. The van der Waals surface area contributed by atoms with Crippen LogP contribution in [0.25, 0.3) is 56.1 Å². The number of rotatable bonds is 8. The first-order valence-electron chi connectivity index (χ1n) is 14.1. The molecule has 6 aromatic rings. The Balaban J connectivity index is 1.23. The second-order valence-electron chi connectivity index (χ2n) is 10.7. The number of pyridine rings is 3. The zero-order valence-electron chi connectivity index (χ0n) is 23.6. The molecule has 1 aliphatic heterocycles. The number of hydrogen-bond acceptors (Lipinski definition) is 9. The number of nitrogens with zero attached hydrogens (tertiary/aromatic N) is 5. The summed E-state index contributed by atoms with van der Waals surface area (Å²) in [7, 11) is -3.44. The molecule has 14 heteroatoms. The molecule has 224 valence electrons. The van der Waals surface area contributed by atoms with Crippen LogP contribution in [0.2, 0.25) is 0 Å². The Morgan fingerprint density at radius 1 is 1.05 bits per heavy atom. The molecule has 0 radical (unpaired) electrons. The number of H-pyrrole nitrogens is 2. The summed E-state index contributed by atoms with van der Waals surface area (Å²) in [5, 5.41) is 10.8. The lowest BCUT2D eigenvalue weighted by Gasteiger charge is -2.23. The molecule has 0 amide bonds. The average Bonchev–Trinajstić information content (AvgIpc) is 3.64. The first kappa shape index (κ1) is 28.0. The zero-order valence-corrected chi connectivity index (χ0v) is 24.4. The quantitative estimate of drug-likeness (QED) is 0.199. The van der Waals surface area contributed by atoms with Gasteiger partial charge in [-0.3, -0.25) is 10.1 Å². The molecule has 5 aromatic heterocycles. The van der Waals surface area contributed by atoms with Crippen molar-refractivity contribution in [3.63, 3.8) is 0 Å². The van der Waals surface area contributed by atoms with Crippen molar-refractivity contribution in [2.45, 2.75) is 25.5 Å². The van der Waals surface area contributed by atoms with Crippen LogP contribution in [0.4, 0.5) is 4.39 Å².